The number of carbonyl (C=O) groups is 1. The van der Waals surface area contributed by atoms with Gasteiger partial charge in [0.2, 0.25) is 0 Å². The van der Waals surface area contributed by atoms with Gasteiger partial charge in [-0.2, -0.15) is 5.10 Å². The zero-order chi connectivity index (χ0) is 16.2. The molecule has 0 saturated heterocycles. The van der Waals surface area contributed by atoms with E-state index in [2.05, 4.69) is 15.1 Å². The third-order valence-corrected chi connectivity index (χ3v) is 4.04. The third-order valence-electron chi connectivity index (χ3n) is 3.08. The van der Waals surface area contributed by atoms with Crippen LogP contribution in [0, 0.1) is 6.92 Å². The fraction of sp³-hybridized carbons (Fsp3) is 0.200. The van der Waals surface area contributed by atoms with Gasteiger partial charge in [-0.25, -0.2) is 19.4 Å². The van der Waals surface area contributed by atoms with Crippen LogP contribution in [-0.2, 0) is 6.54 Å². The van der Waals surface area contributed by atoms with Crippen LogP contribution in [0.1, 0.15) is 15.2 Å². The lowest BCUT2D eigenvalue weighted by Gasteiger charge is -2.09. The molecule has 1 N–H and O–H groups in total. The van der Waals surface area contributed by atoms with E-state index in [-0.39, 0.29) is 5.56 Å². The van der Waals surface area contributed by atoms with Gasteiger partial charge in [-0.1, -0.05) is 0 Å². The summed E-state index contributed by atoms with van der Waals surface area (Å²) in [6.07, 6.45) is 4.81. The molecule has 0 radical (unpaired) electrons. The van der Waals surface area contributed by atoms with Crippen molar-refractivity contribution in [2.75, 3.05) is 6.61 Å². The number of carboxylic acids is 1. The second kappa shape index (κ2) is 6.57. The highest BCUT2D eigenvalue weighted by Gasteiger charge is 2.11. The highest BCUT2D eigenvalue weighted by Crippen LogP contribution is 2.29. The smallest absolute Gasteiger partial charge is 0.335 e. The number of thiazole rings is 1. The SMILES string of the molecule is Cc1cnc(-c2cc(OCCn3cncn3)cc(C(=O)O)c2)s1. The van der Waals surface area contributed by atoms with Crippen molar-refractivity contribution in [3.05, 3.63) is 47.5 Å². The van der Waals surface area contributed by atoms with Gasteiger partial charge < -0.3 is 9.84 Å². The average molecular weight is 330 g/mol. The summed E-state index contributed by atoms with van der Waals surface area (Å²) in [7, 11) is 0. The lowest BCUT2D eigenvalue weighted by atomic mass is 10.1. The molecule has 3 aromatic rings. The predicted octanol–water partition coefficient (Wildman–Crippen LogP) is 2.49. The number of nitrogens with zero attached hydrogens (tertiary/aromatic N) is 4. The average Bonchev–Trinajstić information content (AvgIpc) is 3.18. The molecule has 0 unspecified atom stereocenters. The van der Waals surface area contributed by atoms with Crippen molar-refractivity contribution in [1.82, 2.24) is 19.7 Å². The van der Waals surface area contributed by atoms with E-state index in [4.69, 9.17) is 4.74 Å². The fourth-order valence-corrected chi connectivity index (χ4v) is 2.77. The molecule has 0 amide bonds. The van der Waals surface area contributed by atoms with E-state index in [1.54, 1.807) is 29.3 Å². The standard InChI is InChI=1S/C15H14N4O3S/c1-10-7-17-14(23-10)11-4-12(15(20)21)6-13(5-11)22-3-2-19-9-16-8-18-19/h4-9H,2-3H2,1H3,(H,20,21). The number of aromatic nitrogens is 4. The summed E-state index contributed by atoms with van der Waals surface area (Å²) >= 11 is 1.51. The number of benzene rings is 1. The van der Waals surface area contributed by atoms with E-state index < -0.39 is 5.97 Å². The van der Waals surface area contributed by atoms with Crippen molar-refractivity contribution in [2.24, 2.45) is 0 Å². The number of aryl methyl sites for hydroxylation is 1. The molecule has 0 aliphatic heterocycles. The van der Waals surface area contributed by atoms with Gasteiger partial charge in [0, 0.05) is 16.6 Å². The van der Waals surface area contributed by atoms with Crippen LogP contribution in [0.4, 0.5) is 0 Å². The topological polar surface area (TPSA) is 90.1 Å². The monoisotopic (exact) mass is 330 g/mol. The van der Waals surface area contributed by atoms with Gasteiger partial charge in [-0.05, 0) is 25.1 Å². The van der Waals surface area contributed by atoms with E-state index in [0.717, 1.165) is 15.4 Å². The molecule has 0 spiro atoms. The molecule has 8 heteroatoms. The fourth-order valence-electron chi connectivity index (χ4n) is 2.02. The first-order chi connectivity index (χ1) is 11.1. The summed E-state index contributed by atoms with van der Waals surface area (Å²) in [4.78, 5) is 20.5. The van der Waals surface area contributed by atoms with Crippen LogP contribution in [-0.4, -0.2) is 37.4 Å². The Morgan fingerprint density at radius 1 is 1.39 bits per heavy atom. The minimum atomic E-state index is -0.999. The van der Waals surface area contributed by atoms with Crippen LogP contribution in [0.25, 0.3) is 10.6 Å². The van der Waals surface area contributed by atoms with Crippen LogP contribution < -0.4 is 4.74 Å². The van der Waals surface area contributed by atoms with Crippen molar-refractivity contribution in [3.8, 4) is 16.3 Å². The van der Waals surface area contributed by atoms with Crippen LogP contribution >= 0.6 is 11.3 Å². The van der Waals surface area contributed by atoms with E-state index in [0.29, 0.717) is 18.9 Å². The summed E-state index contributed by atoms with van der Waals surface area (Å²) in [5, 5.41) is 14.0. The molecule has 0 saturated carbocycles. The van der Waals surface area contributed by atoms with E-state index in [1.807, 2.05) is 6.92 Å². The molecule has 1 aromatic carbocycles. The molecule has 0 aliphatic carbocycles. The molecule has 118 valence electrons. The van der Waals surface area contributed by atoms with Crippen molar-refractivity contribution in [2.45, 2.75) is 13.5 Å². The number of hydrogen-bond acceptors (Lipinski definition) is 6. The van der Waals surface area contributed by atoms with Crippen molar-refractivity contribution < 1.29 is 14.6 Å². The second-order valence-corrected chi connectivity index (χ2v) is 6.07. The van der Waals surface area contributed by atoms with Crippen molar-refractivity contribution in [1.29, 1.82) is 0 Å². The molecule has 0 fully saturated rings. The molecule has 23 heavy (non-hydrogen) atoms. The molecule has 2 aromatic heterocycles. The van der Waals surface area contributed by atoms with Crippen LogP contribution in [0.3, 0.4) is 0 Å². The predicted molar refractivity (Wildman–Crippen MR) is 84.8 cm³/mol. The number of hydrogen-bond donors (Lipinski definition) is 1. The third kappa shape index (κ3) is 3.72. The summed E-state index contributed by atoms with van der Waals surface area (Å²) in [6.45, 7) is 2.85. The molecular formula is C15H14N4O3S. The van der Waals surface area contributed by atoms with Crippen LogP contribution in [0.5, 0.6) is 5.75 Å². The Kier molecular flexibility index (Phi) is 4.33. The van der Waals surface area contributed by atoms with Gasteiger partial charge in [0.25, 0.3) is 0 Å². The van der Waals surface area contributed by atoms with E-state index >= 15 is 0 Å². The van der Waals surface area contributed by atoms with Gasteiger partial charge in [0.15, 0.2) is 0 Å². The molecule has 0 bridgehead atoms. The Morgan fingerprint density at radius 2 is 2.26 bits per heavy atom. The Labute approximate surface area is 136 Å². The van der Waals surface area contributed by atoms with Gasteiger partial charge >= 0.3 is 5.97 Å². The zero-order valence-electron chi connectivity index (χ0n) is 12.3. The maximum absolute atomic E-state index is 11.3. The van der Waals surface area contributed by atoms with E-state index in [1.165, 1.54) is 23.7 Å². The van der Waals surface area contributed by atoms with Gasteiger partial charge in [-0.3, -0.25) is 0 Å². The molecule has 7 nitrogen and oxygen atoms in total. The maximum Gasteiger partial charge on any atom is 0.335 e. The quantitative estimate of drug-likeness (QED) is 0.747. The minimum absolute atomic E-state index is 0.172. The molecule has 2 heterocycles. The minimum Gasteiger partial charge on any atom is -0.492 e. The van der Waals surface area contributed by atoms with Gasteiger partial charge in [0.05, 0.1) is 12.1 Å². The Bertz CT molecular complexity index is 814. The lowest BCUT2D eigenvalue weighted by molar-refractivity contribution is 0.0696. The maximum atomic E-state index is 11.3. The van der Waals surface area contributed by atoms with Gasteiger partial charge in [0.1, 0.15) is 30.0 Å². The summed E-state index contributed by atoms with van der Waals surface area (Å²) in [5.41, 5.74) is 0.907. The highest BCUT2D eigenvalue weighted by atomic mass is 32.1. The Balaban J connectivity index is 1.81. The van der Waals surface area contributed by atoms with Crippen molar-refractivity contribution in [3.63, 3.8) is 0 Å². The molecule has 3 rings (SSSR count). The molecule has 0 atom stereocenters. The first kappa shape index (κ1) is 15.2. The largest absolute Gasteiger partial charge is 0.492 e. The summed E-state index contributed by atoms with van der Waals surface area (Å²) in [5.74, 6) is -0.505. The number of rotatable bonds is 6. The normalized spacial score (nSPS) is 10.7. The number of ether oxygens (including phenoxy) is 1. The van der Waals surface area contributed by atoms with Crippen LogP contribution in [0.2, 0.25) is 0 Å². The first-order valence-electron chi connectivity index (χ1n) is 6.88. The number of carboxylic acid groups (broad SMARTS) is 1. The highest BCUT2D eigenvalue weighted by molar-refractivity contribution is 7.14. The van der Waals surface area contributed by atoms with Crippen molar-refractivity contribution >= 4 is 17.3 Å². The molecule has 0 aliphatic rings. The Hall–Kier alpha value is -2.74. The Morgan fingerprint density at radius 3 is 2.91 bits per heavy atom. The van der Waals surface area contributed by atoms with Crippen LogP contribution in [0.15, 0.2) is 37.1 Å². The zero-order valence-corrected chi connectivity index (χ0v) is 13.2. The summed E-state index contributed by atoms with van der Waals surface area (Å²) < 4.78 is 7.31. The number of aromatic carboxylic acids is 1. The second-order valence-electron chi connectivity index (χ2n) is 4.83. The molecular weight excluding hydrogens is 316 g/mol. The van der Waals surface area contributed by atoms with E-state index in [9.17, 15) is 9.90 Å². The first-order valence-corrected chi connectivity index (χ1v) is 7.70. The van der Waals surface area contributed by atoms with Gasteiger partial charge in [-0.15, -0.1) is 11.3 Å². The summed E-state index contributed by atoms with van der Waals surface area (Å²) in [6, 6.07) is 4.91. The lowest BCUT2D eigenvalue weighted by Crippen LogP contribution is -2.09.